The third kappa shape index (κ3) is 2.80. The molecule has 0 bridgehead atoms. The Kier molecular flexibility index (Phi) is 3.36. The zero-order valence-electron chi connectivity index (χ0n) is 9.80. The molecule has 19 heavy (non-hydrogen) atoms. The van der Waals surface area contributed by atoms with Crippen LogP contribution in [0.5, 0.6) is 0 Å². The van der Waals surface area contributed by atoms with Gasteiger partial charge in [-0.05, 0) is 6.92 Å². The molecule has 10 heteroatoms. The van der Waals surface area contributed by atoms with Gasteiger partial charge in [0, 0.05) is 24.0 Å². The molecule has 2 aromatic heterocycles. The highest BCUT2D eigenvalue weighted by Gasteiger charge is 2.22. The normalized spacial score (nSPS) is 13.3. The highest BCUT2D eigenvalue weighted by atomic mass is 32.2. The number of H-pyrrole nitrogens is 3. The summed E-state index contributed by atoms with van der Waals surface area (Å²) in [5.41, 5.74) is -1.13. The van der Waals surface area contributed by atoms with Crippen molar-refractivity contribution < 1.29 is 8.42 Å². The lowest BCUT2D eigenvalue weighted by atomic mass is 10.2. The minimum atomic E-state index is -4.04. The van der Waals surface area contributed by atoms with Crippen LogP contribution < -0.4 is 16.0 Å². The Morgan fingerprint density at radius 2 is 2.05 bits per heavy atom. The Labute approximate surface area is 107 Å². The van der Waals surface area contributed by atoms with E-state index in [4.69, 9.17) is 0 Å². The Bertz CT molecular complexity index is 773. The van der Waals surface area contributed by atoms with E-state index in [1.807, 2.05) is 4.98 Å². The second kappa shape index (κ2) is 4.82. The average molecular weight is 285 g/mol. The highest BCUT2D eigenvalue weighted by molar-refractivity contribution is 7.89. The summed E-state index contributed by atoms with van der Waals surface area (Å²) >= 11 is 0. The van der Waals surface area contributed by atoms with Gasteiger partial charge in [0.25, 0.3) is 5.56 Å². The number of rotatable bonds is 4. The lowest BCUT2D eigenvalue weighted by Crippen LogP contribution is -2.34. The Morgan fingerprint density at radius 1 is 1.32 bits per heavy atom. The first kappa shape index (κ1) is 13.2. The number of aromatic amines is 3. The van der Waals surface area contributed by atoms with Gasteiger partial charge in [0.05, 0.1) is 6.20 Å². The Morgan fingerprint density at radius 3 is 2.63 bits per heavy atom. The second-order valence-electron chi connectivity index (χ2n) is 3.81. The van der Waals surface area contributed by atoms with Crippen molar-refractivity contribution in [2.45, 2.75) is 17.9 Å². The number of aromatic nitrogens is 4. The molecule has 102 valence electrons. The maximum absolute atomic E-state index is 12.0. The average Bonchev–Trinajstić information content (AvgIpc) is 2.80. The summed E-state index contributed by atoms with van der Waals surface area (Å²) in [4.78, 5) is 25.7. The fraction of sp³-hybridized carbons (Fsp3) is 0.222. The fourth-order valence-corrected chi connectivity index (χ4v) is 2.70. The maximum Gasteiger partial charge on any atom is 0.325 e. The Hall–Kier alpha value is -2.20. The summed E-state index contributed by atoms with van der Waals surface area (Å²) in [6.07, 6.45) is 3.85. The molecular formula is C9H11N5O4S. The van der Waals surface area contributed by atoms with Gasteiger partial charge in [-0.3, -0.25) is 14.9 Å². The summed E-state index contributed by atoms with van der Waals surface area (Å²) in [6.45, 7) is 1.60. The molecule has 9 nitrogen and oxygen atoms in total. The first-order chi connectivity index (χ1) is 8.90. The Balaban J connectivity index is 2.33. The van der Waals surface area contributed by atoms with Crippen molar-refractivity contribution in [3.05, 3.63) is 45.0 Å². The van der Waals surface area contributed by atoms with Crippen LogP contribution in [0.3, 0.4) is 0 Å². The molecule has 1 atom stereocenters. The van der Waals surface area contributed by atoms with Crippen molar-refractivity contribution in [1.29, 1.82) is 0 Å². The predicted octanol–water partition coefficient (Wildman–Crippen LogP) is -1.17. The van der Waals surface area contributed by atoms with Crippen molar-refractivity contribution in [3.63, 3.8) is 0 Å². The molecule has 2 heterocycles. The molecule has 0 saturated heterocycles. The van der Waals surface area contributed by atoms with Crippen LogP contribution in [0.1, 0.15) is 18.5 Å². The van der Waals surface area contributed by atoms with E-state index in [0.717, 1.165) is 6.20 Å². The minimum absolute atomic E-state index is 0.553. The topological polar surface area (TPSA) is 141 Å². The summed E-state index contributed by atoms with van der Waals surface area (Å²) in [5, 5.41) is 6.25. The van der Waals surface area contributed by atoms with E-state index < -0.39 is 32.2 Å². The van der Waals surface area contributed by atoms with Gasteiger partial charge >= 0.3 is 5.69 Å². The summed E-state index contributed by atoms with van der Waals surface area (Å²) < 4.78 is 26.3. The molecule has 2 aromatic rings. The van der Waals surface area contributed by atoms with Gasteiger partial charge in [-0.25, -0.2) is 17.9 Å². The zero-order valence-corrected chi connectivity index (χ0v) is 10.6. The molecular weight excluding hydrogens is 274 g/mol. The first-order valence-electron chi connectivity index (χ1n) is 5.23. The van der Waals surface area contributed by atoms with E-state index in [-0.39, 0.29) is 0 Å². The molecule has 0 fully saturated rings. The summed E-state index contributed by atoms with van der Waals surface area (Å²) in [5.74, 6) is 0. The maximum atomic E-state index is 12.0. The van der Waals surface area contributed by atoms with Gasteiger partial charge < -0.3 is 4.98 Å². The highest BCUT2D eigenvalue weighted by Crippen LogP contribution is 2.12. The van der Waals surface area contributed by atoms with Gasteiger partial charge in [-0.15, -0.1) is 0 Å². The van der Waals surface area contributed by atoms with Gasteiger partial charge in [-0.1, -0.05) is 0 Å². The summed E-state index contributed by atoms with van der Waals surface area (Å²) in [7, 11) is -4.04. The van der Waals surface area contributed by atoms with Crippen LogP contribution >= 0.6 is 0 Å². The largest absolute Gasteiger partial charge is 0.325 e. The molecule has 1 unspecified atom stereocenters. The van der Waals surface area contributed by atoms with Crippen molar-refractivity contribution in [3.8, 4) is 0 Å². The van der Waals surface area contributed by atoms with Crippen LogP contribution in [-0.2, 0) is 10.0 Å². The van der Waals surface area contributed by atoms with Gasteiger partial charge in [0.1, 0.15) is 0 Å². The number of nitrogens with zero attached hydrogens (tertiary/aromatic N) is 1. The molecule has 0 aliphatic heterocycles. The molecule has 2 rings (SSSR count). The molecule has 0 radical (unpaired) electrons. The van der Waals surface area contributed by atoms with Crippen molar-refractivity contribution in [2.24, 2.45) is 0 Å². The SMILES string of the molecule is CC(NS(=O)(=O)c1c[nH]c(=O)[nH]c1=O)c1cn[nH]c1. The zero-order chi connectivity index (χ0) is 14.0. The van der Waals surface area contributed by atoms with Gasteiger partial charge in [0.2, 0.25) is 10.0 Å². The monoisotopic (exact) mass is 285 g/mol. The molecule has 4 N–H and O–H groups in total. The third-order valence-corrected chi connectivity index (χ3v) is 3.97. The first-order valence-corrected chi connectivity index (χ1v) is 6.71. The molecule has 0 aliphatic carbocycles. The number of sulfonamides is 1. The molecule has 0 saturated carbocycles. The van der Waals surface area contributed by atoms with Crippen LogP contribution in [0, 0.1) is 0 Å². The minimum Gasteiger partial charge on any atom is -0.313 e. The second-order valence-corrected chi connectivity index (χ2v) is 5.49. The molecule has 0 aliphatic rings. The van der Waals surface area contributed by atoms with Crippen molar-refractivity contribution >= 4 is 10.0 Å². The van der Waals surface area contributed by atoms with Crippen LogP contribution in [0.25, 0.3) is 0 Å². The van der Waals surface area contributed by atoms with E-state index >= 15 is 0 Å². The van der Waals surface area contributed by atoms with Gasteiger partial charge in [0.15, 0.2) is 4.90 Å². The van der Waals surface area contributed by atoms with Crippen molar-refractivity contribution in [1.82, 2.24) is 24.9 Å². The van der Waals surface area contributed by atoms with Crippen molar-refractivity contribution in [2.75, 3.05) is 0 Å². The van der Waals surface area contributed by atoms with E-state index in [2.05, 4.69) is 19.9 Å². The number of nitrogens with one attached hydrogen (secondary N) is 4. The lowest BCUT2D eigenvalue weighted by Gasteiger charge is -2.11. The van der Waals surface area contributed by atoms with E-state index in [0.29, 0.717) is 5.56 Å². The third-order valence-electron chi connectivity index (χ3n) is 2.43. The van der Waals surface area contributed by atoms with E-state index in [1.54, 1.807) is 6.92 Å². The smallest absolute Gasteiger partial charge is 0.313 e. The van der Waals surface area contributed by atoms with Gasteiger partial charge in [-0.2, -0.15) is 5.10 Å². The molecule has 0 aromatic carbocycles. The standard InChI is InChI=1S/C9H11N5O4S/c1-5(6-2-11-12-3-6)14-19(17,18)7-4-10-9(16)13-8(7)15/h2-5,14H,1H3,(H,11,12)(H2,10,13,15,16). The van der Waals surface area contributed by atoms with Crippen LogP contribution in [0.15, 0.2) is 33.1 Å². The van der Waals surface area contributed by atoms with E-state index in [1.165, 1.54) is 12.4 Å². The molecule has 0 amide bonds. The van der Waals surface area contributed by atoms with E-state index in [9.17, 15) is 18.0 Å². The number of hydrogen-bond donors (Lipinski definition) is 4. The quantitative estimate of drug-likeness (QED) is 0.560. The summed E-state index contributed by atoms with van der Waals surface area (Å²) in [6, 6.07) is -0.574. The lowest BCUT2D eigenvalue weighted by molar-refractivity contribution is 0.564. The number of hydrogen-bond acceptors (Lipinski definition) is 5. The van der Waals surface area contributed by atoms with Crippen LogP contribution in [0.4, 0.5) is 0 Å². The van der Waals surface area contributed by atoms with Crippen LogP contribution in [0.2, 0.25) is 0 Å². The van der Waals surface area contributed by atoms with Crippen LogP contribution in [-0.4, -0.2) is 28.6 Å². The predicted molar refractivity (Wildman–Crippen MR) is 65.0 cm³/mol. The molecule has 0 spiro atoms. The fourth-order valence-electron chi connectivity index (χ4n) is 1.46.